The molecule has 0 amide bonds. The zero-order valence-corrected chi connectivity index (χ0v) is 9.51. The van der Waals surface area contributed by atoms with E-state index in [0.717, 1.165) is 19.3 Å². The lowest BCUT2D eigenvalue weighted by Crippen LogP contribution is -2.55. The summed E-state index contributed by atoms with van der Waals surface area (Å²) < 4.78 is 5.13. The number of carbonyl (C=O) groups is 1. The Kier molecular flexibility index (Phi) is 4.16. The molecule has 0 saturated heterocycles. The van der Waals surface area contributed by atoms with Gasteiger partial charge < -0.3 is 4.74 Å². The molecule has 0 aromatic carbocycles. The van der Waals surface area contributed by atoms with Crippen molar-refractivity contribution in [3.8, 4) is 12.3 Å². The highest BCUT2D eigenvalue weighted by Crippen LogP contribution is 2.36. The van der Waals surface area contributed by atoms with Crippen LogP contribution in [-0.4, -0.2) is 24.7 Å². The third-order valence-corrected chi connectivity index (χ3v) is 3.20. The maximum atomic E-state index is 11.9. The van der Waals surface area contributed by atoms with Crippen LogP contribution >= 0.6 is 0 Å². The summed E-state index contributed by atoms with van der Waals surface area (Å²) in [7, 11) is 0. The molecule has 1 rings (SSSR count). The van der Waals surface area contributed by atoms with Gasteiger partial charge in [0.25, 0.3) is 0 Å². The molecule has 2 unspecified atom stereocenters. The fourth-order valence-corrected chi connectivity index (χ4v) is 2.29. The van der Waals surface area contributed by atoms with E-state index in [-0.39, 0.29) is 5.97 Å². The molecule has 1 aliphatic rings. The Bertz CT molecular complexity index is 269. The molecule has 84 valence electrons. The van der Waals surface area contributed by atoms with Crippen molar-refractivity contribution >= 4 is 5.97 Å². The number of rotatable bonds is 4. The third-order valence-electron chi connectivity index (χ3n) is 3.20. The van der Waals surface area contributed by atoms with E-state index < -0.39 is 5.54 Å². The first-order chi connectivity index (χ1) is 7.17. The lowest BCUT2D eigenvalue weighted by atomic mass is 9.88. The van der Waals surface area contributed by atoms with E-state index in [1.165, 1.54) is 0 Å². The average Bonchev–Trinajstić information content (AvgIpc) is 2.58. The van der Waals surface area contributed by atoms with Crippen molar-refractivity contribution in [1.29, 1.82) is 0 Å². The highest BCUT2D eigenvalue weighted by Gasteiger charge is 2.47. The van der Waals surface area contributed by atoms with Crippen molar-refractivity contribution in [2.45, 2.75) is 38.6 Å². The van der Waals surface area contributed by atoms with Gasteiger partial charge in [-0.05, 0) is 25.7 Å². The lowest BCUT2D eigenvalue weighted by Gasteiger charge is -2.31. The van der Waals surface area contributed by atoms with E-state index in [2.05, 4.69) is 18.2 Å². The van der Waals surface area contributed by atoms with Gasteiger partial charge in [-0.1, -0.05) is 19.3 Å². The first kappa shape index (κ1) is 12.1. The molecular formula is C12H19NO2. The predicted molar refractivity (Wildman–Crippen MR) is 59.2 cm³/mol. The molecule has 0 heterocycles. The van der Waals surface area contributed by atoms with Crippen molar-refractivity contribution in [2.24, 2.45) is 5.92 Å². The van der Waals surface area contributed by atoms with Crippen molar-refractivity contribution in [3.05, 3.63) is 0 Å². The van der Waals surface area contributed by atoms with Crippen molar-refractivity contribution < 1.29 is 9.53 Å². The normalized spacial score (nSPS) is 29.8. The van der Waals surface area contributed by atoms with Crippen LogP contribution in [-0.2, 0) is 9.53 Å². The van der Waals surface area contributed by atoms with E-state index in [9.17, 15) is 4.79 Å². The number of terminal acetylenes is 1. The van der Waals surface area contributed by atoms with Crippen molar-refractivity contribution in [3.63, 3.8) is 0 Å². The zero-order valence-electron chi connectivity index (χ0n) is 9.51. The van der Waals surface area contributed by atoms with E-state index >= 15 is 0 Å². The molecule has 2 atom stereocenters. The number of hydrogen-bond donors (Lipinski definition) is 1. The molecule has 1 N–H and O–H groups in total. The Morgan fingerprint density at radius 2 is 2.47 bits per heavy atom. The fraction of sp³-hybridized carbons (Fsp3) is 0.750. The molecule has 0 aromatic heterocycles. The summed E-state index contributed by atoms with van der Waals surface area (Å²) in [5.74, 6) is 2.67. The maximum absolute atomic E-state index is 11.9. The van der Waals surface area contributed by atoms with E-state index in [4.69, 9.17) is 11.2 Å². The molecule has 0 aliphatic heterocycles. The standard InChI is InChI=1S/C12H19NO2/c1-4-9-13-12(11(14)15-5-2)8-6-7-10(12)3/h1,10,13H,5-9H2,2-3H3. The van der Waals surface area contributed by atoms with Gasteiger partial charge in [-0.25, -0.2) is 0 Å². The highest BCUT2D eigenvalue weighted by atomic mass is 16.5. The summed E-state index contributed by atoms with van der Waals surface area (Å²) in [4.78, 5) is 11.9. The molecule has 3 nitrogen and oxygen atoms in total. The number of nitrogens with one attached hydrogen (secondary N) is 1. The molecule has 3 heteroatoms. The summed E-state index contributed by atoms with van der Waals surface area (Å²) in [6.45, 7) is 4.74. The van der Waals surface area contributed by atoms with Gasteiger partial charge in [-0.2, -0.15) is 0 Å². The minimum atomic E-state index is -0.539. The summed E-state index contributed by atoms with van der Waals surface area (Å²) >= 11 is 0. The summed E-state index contributed by atoms with van der Waals surface area (Å²) in [5.41, 5.74) is -0.539. The van der Waals surface area contributed by atoms with Crippen LogP contribution in [0, 0.1) is 18.3 Å². The number of esters is 1. The van der Waals surface area contributed by atoms with Gasteiger partial charge in [-0.15, -0.1) is 6.42 Å². The summed E-state index contributed by atoms with van der Waals surface area (Å²) in [6, 6.07) is 0. The van der Waals surface area contributed by atoms with Gasteiger partial charge in [0.05, 0.1) is 13.2 Å². The Morgan fingerprint density at radius 3 is 2.93 bits per heavy atom. The number of carbonyl (C=O) groups excluding carboxylic acids is 1. The number of hydrogen-bond acceptors (Lipinski definition) is 3. The van der Waals surface area contributed by atoms with Gasteiger partial charge in [0.1, 0.15) is 5.54 Å². The minimum Gasteiger partial charge on any atom is -0.465 e. The average molecular weight is 209 g/mol. The molecule has 15 heavy (non-hydrogen) atoms. The topological polar surface area (TPSA) is 38.3 Å². The van der Waals surface area contributed by atoms with Gasteiger partial charge in [0.2, 0.25) is 0 Å². The van der Waals surface area contributed by atoms with Crippen LogP contribution in [0.2, 0.25) is 0 Å². The van der Waals surface area contributed by atoms with Crippen LogP contribution < -0.4 is 5.32 Å². The minimum absolute atomic E-state index is 0.148. The van der Waals surface area contributed by atoms with E-state index in [0.29, 0.717) is 19.1 Å². The van der Waals surface area contributed by atoms with Crippen LogP contribution in [0.5, 0.6) is 0 Å². The Balaban J connectivity index is 2.76. The molecule has 1 saturated carbocycles. The Hall–Kier alpha value is -1.01. The summed E-state index contributed by atoms with van der Waals surface area (Å²) in [5, 5.41) is 3.17. The second kappa shape index (κ2) is 5.18. The molecule has 0 radical (unpaired) electrons. The second-order valence-electron chi connectivity index (χ2n) is 4.04. The fourth-order valence-electron chi connectivity index (χ4n) is 2.29. The SMILES string of the molecule is C#CCNC1(C(=O)OCC)CCCC1C. The Morgan fingerprint density at radius 1 is 1.73 bits per heavy atom. The summed E-state index contributed by atoms with van der Waals surface area (Å²) in [6.07, 6.45) is 8.15. The van der Waals surface area contributed by atoms with Crippen LogP contribution in [0.25, 0.3) is 0 Å². The molecule has 0 spiro atoms. The molecule has 0 aromatic rings. The Labute approximate surface area is 91.6 Å². The van der Waals surface area contributed by atoms with Gasteiger partial charge in [-0.3, -0.25) is 10.1 Å². The van der Waals surface area contributed by atoms with Crippen LogP contribution in [0.1, 0.15) is 33.1 Å². The van der Waals surface area contributed by atoms with E-state index in [1.54, 1.807) is 0 Å². The van der Waals surface area contributed by atoms with Crippen molar-refractivity contribution in [1.82, 2.24) is 5.32 Å². The maximum Gasteiger partial charge on any atom is 0.326 e. The molecule has 0 bridgehead atoms. The largest absolute Gasteiger partial charge is 0.465 e. The van der Waals surface area contributed by atoms with Crippen LogP contribution in [0.15, 0.2) is 0 Å². The predicted octanol–water partition coefficient (Wildman–Crippen LogP) is 1.33. The van der Waals surface area contributed by atoms with E-state index in [1.807, 2.05) is 6.92 Å². The second-order valence-corrected chi connectivity index (χ2v) is 4.04. The highest BCUT2D eigenvalue weighted by molar-refractivity contribution is 5.81. The molecule has 1 aliphatic carbocycles. The van der Waals surface area contributed by atoms with Gasteiger partial charge >= 0.3 is 5.97 Å². The first-order valence-corrected chi connectivity index (χ1v) is 5.53. The van der Waals surface area contributed by atoms with Crippen LogP contribution in [0.4, 0.5) is 0 Å². The quantitative estimate of drug-likeness (QED) is 0.561. The van der Waals surface area contributed by atoms with Crippen molar-refractivity contribution in [2.75, 3.05) is 13.2 Å². The number of ether oxygens (including phenoxy) is 1. The lowest BCUT2D eigenvalue weighted by molar-refractivity contribution is -0.152. The zero-order chi connectivity index (χ0) is 11.3. The first-order valence-electron chi connectivity index (χ1n) is 5.53. The monoisotopic (exact) mass is 209 g/mol. The molecule has 1 fully saturated rings. The third kappa shape index (κ3) is 2.32. The smallest absolute Gasteiger partial charge is 0.326 e. The van der Waals surface area contributed by atoms with Crippen LogP contribution in [0.3, 0.4) is 0 Å². The van der Waals surface area contributed by atoms with Gasteiger partial charge in [0.15, 0.2) is 0 Å². The van der Waals surface area contributed by atoms with Gasteiger partial charge in [0, 0.05) is 0 Å². The molecular weight excluding hydrogens is 190 g/mol.